The van der Waals surface area contributed by atoms with Crippen molar-refractivity contribution in [1.82, 2.24) is 24.5 Å². The summed E-state index contributed by atoms with van der Waals surface area (Å²) in [5.41, 5.74) is 11.0. The van der Waals surface area contributed by atoms with Gasteiger partial charge in [-0.15, -0.1) is 0 Å². The van der Waals surface area contributed by atoms with Crippen LogP contribution in [-0.2, 0) is 17.5 Å². The number of anilines is 1. The van der Waals surface area contributed by atoms with Gasteiger partial charge in [0.2, 0.25) is 8.32 Å². The molecule has 0 bridgehead atoms. The summed E-state index contributed by atoms with van der Waals surface area (Å²) in [6.07, 6.45) is 4.92. The van der Waals surface area contributed by atoms with E-state index < -0.39 is 8.32 Å². The van der Waals surface area contributed by atoms with Crippen molar-refractivity contribution in [3.05, 3.63) is 76.7 Å². The Labute approximate surface area is 310 Å². The van der Waals surface area contributed by atoms with Crippen LogP contribution in [0.5, 0.6) is 0 Å². The number of carbonyl (C=O) groups is 2. The van der Waals surface area contributed by atoms with Gasteiger partial charge >= 0.3 is 0 Å². The summed E-state index contributed by atoms with van der Waals surface area (Å²) in [6.45, 7) is 22.2. The number of fused-ring (bicyclic) bond motifs is 2. The van der Waals surface area contributed by atoms with Gasteiger partial charge in [0.25, 0.3) is 5.91 Å². The first-order valence-corrected chi connectivity index (χ1v) is 21.6. The zero-order valence-electron chi connectivity index (χ0n) is 32.3. The van der Waals surface area contributed by atoms with E-state index in [0.29, 0.717) is 47.4 Å². The number of rotatable bonds is 10. The van der Waals surface area contributed by atoms with Crippen molar-refractivity contribution in [2.24, 2.45) is 0 Å². The van der Waals surface area contributed by atoms with Crippen LogP contribution >= 0.6 is 0 Å². The van der Waals surface area contributed by atoms with Crippen LogP contribution in [0.4, 0.5) is 5.69 Å². The SMILES string of the molecule is Cc1c(NC(=O)c2cc3n(n2)CCCC3=O)cccc1-c1cccc(-c2cc3n(n2)CCCC3N2CC[C@@H](O[Si](C(C)C)(C(C)C)C(C)C)C2)c1C. The van der Waals surface area contributed by atoms with Gasteiger partial charge in [0.1, 0.15) is 5.69 Å². The minimum absolute atomic E-state index is 0.0394. The van der Waals surface area contributed by atoms with Gasteiger partial charge in [0, 0.05) is 49.9 Å². The van der Waals surface area contributed by atoms with Crippen LogP contribution in [0.15, 0.2) is 48.5 Å². The zero-order chi connectivity index (χ0) is 36.9. The van der Waals surface area contributed by atoms with Gasteiger partial charge in [-0.1, -0.05) is 71.9 Å². The molecule has 276 valence electrons. The first-order chi connectivity index (χ1) is 24.9. The van der Waals surface area contributed by atoms with Gasteiger partial charge in [-0.25, -0.2) is 0 Å². The first kappa shape index (κ1) is 36.5. The molecule has 0 spiro atoms. The number of hydrogen-bond donors (Lipinski definition) is 1. The van der Waals surface area contributed by atoms with Gasteiger partial charge in [-0.3, -0.25) is 23.9 Å². The van der Waals surface area contributed by atoms with Gasteiger partial charge in [0.05, 0.1) is 23.5 Å². The summed E-state index contributed by atoms with van der Waals surface area (Å²) in [4.78, 5) is 28.3. The number of Topliss-reactive ketones (excluding diaryl/α,β-unsaturated/α-hetero) is 1. The van der Waals surface area contributed by atoms with E-state index in [-0.39, 0.29) is 17.4 Å². The summed E-state index contributed by atoms with van der Waals surface area (Å²) in [6, 6.07) is 16.8. The predicted molar refractivity (Wildman–Crippen MR) is 210 cm³/mol. The molecule has 7 rings (SSSR count). The molecule has 2 atom stereocenters. The van der Waals surface area contributed by atoms with E-state index in [1.807, 2.05) is 19.1 Å². The highest BCUT2D eigenvalue weighted by atomic mass is 28.4. The summed E-state index contributed by atoms with van der Waals surface area (Å²) < 4.78 is 11.2. The van der Waals surface area contributed by atoms with E-state index in [1.165, 1.54) is 5.69 Å². The van der Waals surface area contributed by atoms with E-state index in [2.05, 4.69) is 98.8 Å². The minimum atomic E-state index is -1.94. The first-order valence-electron chi connectivity index (χ1n) is 19.5. The lowest BCUT2D eigenvalue weighted by Gasteiger charge is -2.44. The highest BCUT2D eigenvalue weighted by molar-refractivity contribution is 6.77. The summed E-state index contributed by atoms with van der Waals surface area (Å²) in [5, 5.41) is 12.7. The summed E-state index contributed by atoms with van der Waals surface area (Å²) in [7, 11) is -1.94. The Morgan fingerprint density at radius 2 is 1.50 bits per heavy atom. The van der Waals surface area contributed by atoms with Crippen molar-refractivity contribution in [1.29, 1.82) is 0 Å². The van der Waals surface area contributed by atoms with Crippen molar-refractivity contribution in [2.75, 3.05) is 18.4 Å². The molecule has 0 aliphatic carbocycles. The van der Waals surface area contributed by atoms with Crippen LogP contribution in [0.2, 0.25) is 16.6 Å². The Bertz CT molecular complexity index is 1950. The van der Waals surface area contributed by atoms with Gasteiger partial charge in [-0.2, -0.15) is 10.2 Å². The van der Waals surface area contributed by atoms with Gasteiger partial charge < -0.3 is 9.74 Å². The number of aromatic nitrogens is 4. The second kappa shape index (κ2) is 14.5. The van der Waals surface area contributed by atoms with Crippen molar-refractivity contribution in [2.45, 2.75) is 129 Å². The van der Waals surface area contributed by atoms with Crippen molar-refractivity contribution >= 4 is 25.7 Å². The smallest absolute Gasteiger partial charge is 0.276 e. The summed E-state index contributed by atoms with van der Waals surface area (Å²) >= 11 is 0. The van der Waals surface area contributed by atoms with E-state index in [0.717, 1.165) is 84.5 Å². The Morgan fingerprint density at radius 1 is 0.827 bits per heavy atom. The fourth-order valence-corrected chi connectivity index (χ4v) is 15.3. The summed E-state index contributed by atoms with van der Waals surface area (Å²) in [5.74, 6) is -0.270. The Kier molecular flexibility index (Phi) is 10.2. The largest absolute Gasteiger partial charge is 0.412 e. The van der Waals surface area contributed by atoms with Crippen LogP contribution in [0, 0.1) is 13.8 Å². The zero-order valence-corrected chi connectivity index (χ0v) is 33.3. The molecule has 2 aromatic carbocycles. The third kappa shape index (κ3) is 6.51. The molecule has 0 radical (unpaired) electrons. The number of carbonyl (C=O) groups excluding carboxylic acids is 2. The molecule has 9 nitrogen and oxygen atoms in total. The minimum Gasteiger partial charge on any atom is -0.412 e. The molecule has 52 heavy (non-hydrogen) atoms. The number of nitrogens with zero attached hydrogens (tertiary/aromatic N) is 5. The van der Waals surface area contributed by atoms with E-state index in [4.69, 9.17) is 9.52 Å². The second-order valence-electron chi connectivity index (χ2n) is 16.3. The lowest BCUT2D eigenvalue weighted by atomic mass is 9.91. The highest BCUT2D eigenvalue weighted by Gasteiger charge is 2.48. The van der Waals surface area contributed by atoms with Gasteiger partial charge in [-0.05, 0) is 90.5 Å². The molecule has 3 aliphatic heterocycles. The van der Waals surface area contributed by atoms with Crippen LogP contribution in [-0.4, -0.2) is 63.7 Å². The third-order valence-corrected chi connectivity index (χ3v) is 18.4. The average Bonchev–Trinajstić information content (AvgIpc) is 3.87. The van der Waals surface area contributed by atoms with Crippen LogP contribution in [0.25, 0.3) is 22.4 Å². The standard InChI is InChI=1S/C42H56N6O3Si/c1-26(2)52(27(3)4,28(5)6)51-31-19-22-46(25-31)38-17-11-20-47-39(38)23-36(44-47)34-15-9-13-32(29(34)7)33-14-10-16-35(30(33)8)43-42(50)37-24-40-41(49)18-12-21-48(40)45-37/h9-10,13-16,23-24,26-28,31,38H,11-12,17-22,25H2,1-8H3,(H,43,50)/t31-,38?/m1/s1. The third-order valence-electron chi connectivity index (χ3n) is 12.2. The molecule has 10 heteroatoms. The molecule has 1 fully saturated rings. The molecule has 5 heterocycles. The number of ketones is 1. The Morgan fingerprint density at radius 3 is 2.21 bits per heavy atom. The quantitative estimate of drug-likeness (QED) is 0.164. The molecule has 0 saturated carbocycles. The maximum Gasteiger partial charge on any atom is 0.276 e. The highest BCUT2D eigenvalue weighted by Crippen LogP contribution is 2.45. The fraction of sp³-hybridized carbons (Fsp3) is 0.524. The number of hydrogen-bond acceptors (Lipinski definition) is 6. The normalized spacial score (nSPS) is 19.5. The molecule has 1 amide bonds. The molecular weight excluding hydrogens is 665 g/mol. The van der Waals surface area contributed by atoms with Crippen molar-refractivity contribution < 1.29 is 14.0 Å². The number of likely N-dealkylation sites (tertiary alicyclic amines) is 1. The number of aryl methyl sites for hydroxylation is 2. The van der Waals surface area contributed by atoms with E-state index >= 15 is 0 Å². The van der Waals surface area contributed by atoms with Crippen LogP contribution in [0.3, 0.4) is 0 Å². The lowest BCUT2D eigenvalue weighted by molar-refractivity contribution is 0.0950. The topological polar surface area (TPSA) is 94.3 Å². The molecule has 1 N–H and O–H groups in total. The predicted octanol–water partition coefficient (Wildman–Crippen LogP) is 9.36. The number of nitrogens with one attached hydrogen (secondary N) is 1. The number of amides is 1. The Balaban J connectivity index is 1.11. The second-order valence-corrected chi connectivity index (χ2v) is 21.7. The molecule has 3 aliphatic rings. The molecule has 1 saturated heterocycles. The maximum absolute atomic E-state index is 13.3. The van der Waals surface area contributed by atoms with Crippen LogP contribution < -0.4 is 5.32 Å². The van der Waals surface area contributed by atoms with E-state index in [1.54, 1.807) is 10.7 Å². The lowest BCUT2D eigenvalue weighted by Crippen LogP contribution is -2.50. The van der Waals surface area contributed by atoms with Crippen molar-refractivity contribution in [3.63, 3.8) is 0 Å². The number of benzene rings is 2. The fourth-order valence-electron chi connectivity index (χ4n) is 9.69. The maximum atomic E-state index is 13.3. The van der Waals surface area contributed by atoms with Crippen LogP contribution in [0.1, 0.15) is 117 Å². The van der Waals surface area contributed by atoms with Gasteiger partial charge in [0.15, 0.2) is 11.5 Å². The monoisotopic (exact) mass is 720 g/mol. The molecular formula is C42H56N6O3Si. The molecule has 4 aromatic rings. The average molecular weight is 721 g/mol. The van der Waals surface area contributed by atoms with Crippen molar-refractivity contribution in [3.8, 4) is 22.4 Å². The molecule has 2 aromatic heterocycles. The van der Waals surface area contributed by atoms with E-state index in [9.17, 15) is 9.59 Å². The Hall–Kier alpha value is -3.86. The molecule has 1 unspecified atom stereocenters.